The predicted octanol–water partition coefficient (Wildman–Crippen LogP) is 2.11. The van der Waals surface area contributed by atoms with Gasteiger partial charge in [-0.3, -0.25) is 4.68 Å². The van der Waals surface area contributed by atoms with Crippen molar-refractivity contribution in [3.63, 3.8) is 0 Å². The van der Waals surface area contributed by atoms with Gasteiger partial charge in [0.05, 0.1) is 16.7 Å². The summed E-state index contributed by atoms with van der Waals surface area (Å²) < 4.78 is 1.82. The highest BCUT2D eigenvalue weighted by atomic mass is 16.1. The maximum Gasteiger partial charge on any atom is 0.323 e. The fourth-order valence-corrected chi connectivity index (χ4v) is 2.67. The van der Waals surface area contributed by atoms with Crippen molar-refractivity contribution in [1.82, 2.24) is 24.7 Å². The minimum atomic E-state index is -0.203. The second kappa shape index (κ2) is 4.05. The predicted molar refractivity (Wildman–Crippen MR) is 81.2 cm³/mol. The van der Waals surface area contributed by atoms with Crippen molar-refractivity contribution in [2.24, 2.45) is 7.05 Å². The minimum absolute atomic E-state index is 0.203. The monoisotopic (exact) mass is 279 g/mol. The van der Waals surface area contributed by atoms with Crippen LogP contribution in [0.1, 0.15) is 5.69 Å². The zero-order valence-electron chi connectivity index (χ0n) is 11.6. The number of imidazole rings is 1. The van der Waals surface area contributed by atoms with Crippen LogP contribution < -0.4 is 5.69 Å². The molecular weight excluding hydrogens is 266 g/mol. The van der Waals surface area contributed by atoms with E-state index < -0.39 is 0 Å². The summed E-state index contributed by atoms with van der Waals surface area (Å²) in [6.45, 7) is 1.96. The third kappa shape index (κ3) is 1.76. The van der Waals surface area contributed by atoms with Crippen LogP contribution in [0.2, 0.25) is 0 Å². The highest BCUT2D eigenvalue weighted by Crippen LogP contribution is 2.28. The SMILES string of the molecule is Cc1ccc2nn(C)c(-c3ccc4[nH]c(=O)[nH]c4c3)c2n1. The quantitative estimate of drug-likeness (QED) is 0.560. The van der Waals surface area contributed by atoms with Gasteiger partial charge in [0, 0.05) is 18.3 Å². The molecule has 0 aliphatic carbocycles. The lowest BCUT2D eigenvalue weighted by Crippen LogP contribution is -1.99. The molecule has 3 aromatic heterocycles. The number of aryl methyl sites for hydroxylation is 2. The standard InChI is InChI=1S/C15H13N5O/c1-8-3-5-11-13(16-8)14(20(2)19-11)9-4-6-10-12(7-9)18-15(21)17-10/h3-7H,1-2H3,(H2,17,18,21). The first-order valence-corrected chi connectivity index (χ1v) is 6.64. The number of fused-ring (bicyclic) bond motifs is 2. The van der Waals surface area contributed by atoms with Gasteiger partial charge < -0.3 is 9.97 Å². The molecule has 0 aliphatic rings. The number of hydrogen-bond acceptors (Lipinski definition) is 3. The summed E-state index contributed by atoms with van der Waals surface area (Å²) >= 11 is 0. The Morgan fingerprint density at radius 2 is 1.90 bits per heavy atom. The van der Waals surface area contributed by atoms with Crippen molar-refractivity contribution >= 4 is 22.1 Å². The van der Waals surface area contributed by atoms with Gasteiger partial charge in [0.2, 0.25) is 0 Å². The van der Waals surface area contributed by atoms with Crippen LogP contribution in [0.3, 0.4) is 0 Å². The van der Waals surface area contributed by atoms with Crippen LogP contribution in [0.4, 0.5) is 0 Å². The summed E-state index contributed by atoms with van der Waals surface area (Å²) in [5.41, 5.74) is 5.96. The highest BCUT2D eigenvalue weighted by molar-refractivity contribution is 5.92. The zero-order chi connectivity index (χ0) is 14.6. The van der Waals surface area contributed by atoms with E-state index >= 15 is 0 Å². The molecule has 0 saturated carbocycles. The summed E-state index contributed by atoms with van der Waals surface area (Å²) in [5.74, 6) is 0. The summed E-state index contributed by atoms with van der Waals surface area (Å²) in [6, 6.07) is 9.71. The normalized spacial score (nSPS) is 11.5. The molecule has 6 heteroatoms. The summed E-state index contributed by atoms with van der Waals surface area (Å²) in [5, 5.41) is 4.49. The van der Waals surface area contributed by atoms with Crippen LogP contribution in [0.5, 0.6) is 0 Å². The second-order valence-corrected chi connectivity index (χ2v) is 5.13. The molecule has 0 amide bonds. The molecule has 104 valence electrons. The molecule has 4 aromatic rings. The molecule has 0 fully saturated rings. The molecule has 0 bridgehead atoms. The third-order valence-corrected chi connectivity index (χ3v) is 3.61. The molecule has 4 rings (SSSR count). The van der Waals surface area contributed by atoms with Crippen LogP contribution in [0, 0.1) is 6.92 Å². The van der Waals surface area contributed by atoms with Gasteiger partial charge in [0.25, 0.3) is 0 Å². The third-order valence-electron chi connectivity index (χ3n) is 3.61. The van der Waals surface area contributed by atoms with Gasteiger partial charge in [-0.15, -0.1) is 0 Å². The molecule has 0 spiro atoms. The summed E-state index contributed by atoms with van der Waals surface area (Å²) in [4.78, 5) is 21.5. The fourth-order valence-electron chi connectivity index (χ4n) is 2.67. The number of aromatic nitrogens is 5. The van der Waals surface area contributed by atoms with E-state index in [2.05, 4.69) is 20.1 Å². The lowest BCUT2D eigenvalue weighted by atomic mass is 10.1. The van der Waals surface area contributed by atoms with Crippen LogP contribution in [0.15, 0.2) is 35.1 Å². The van der Waals surface area contributed by atoms with E-state index in [9.17, 15) is 4.79 Å². The van der Waals surface area contributed by atoms with Gasteiger partial charge in [-0.1, -0.05) is 6.07 Å². The maximum atomic E-state index is 11.4. The molecule has 0 radical (unpaired) electrons. The van der Waals surface area contributed by atoms with Crippen molar-refractivity contribution in [1.29, 1.82) is 0 Å². The van der Waals surface area contributed by atoms with Crippen LogP contribution in [-0.4, -0.2) is 24.7 Å². The number of rotatable bonds is 1. The van der Waals surface area contributed by atoms with E-state index in [1.165, 1.54) is 0 Å². The Labute approximate surface area is 119 Å². The van der Waals surface area contributed by atoms with Crippen LogP contribution in [-0.2, 0) is 7.05 Å². The highest BCUT2D eigenvalue weighted by Gasteiger charge is 2.13. The molecular formula is C15H13N5O. The number of pyridine rings is 1. The maximum absolute atomic E-state index is 11.4. The smallest absolute Gasteiger partial charge is 0.306 e. The number of aromatic amines is 2. The lowest BCUT2D eigenvalue weighted by molar-refractivity contribution is 0.788. The Bertz CT molecular complexity index is 1040. The molecule has 21 heavy (non-hydrogen) atoms. The first-order valence-electron chi connectivity index (χ1n) is 6.64. The van der Waals surface area contributed by atoms with Gasteiger partial charge in [-0.05, 0) is 31.2 Å². The van der Waals surface area contributed by atoms with E-state index in [-0.39, 0.29) is 5.69 Å². The molecule has 0 saturated heterocycles. The average Bonchev–Trinajstić information content (AvgIpc) is 2.95. The molecule has 6 nitrogen and oxygen atoms in total. The summed E-state index contributed by atoms with van der Waals surface area (Å²) in [7, 11) is 1.90. The molecule has 3 heterocycles. The number of nitrogens with zero attached hydrogens (tertiary/aromatic N) is 3. The molecule has 1 aromatic carbocycles. The number of H-pyrrole nitrogens is 2. The molecule has 0 aliphatic heterocycles. The average molecular weight is 279 g/mol. The Kier molecular flexibility index (Phi) is 2.29. The lowest BCUT2D eigenvalue weighted by Gasteiger charge is -2.03. The van der Waals surface area contributed by atoms with Crippen molar-refractivity contribution in [2.75, 3.05) is 0 Å². The Morgan fingerprint density at radius 1 is 1.10 bits per heavy atom. The first kappa shape index (κ1) is 11.9. The van der Waals surface area contributed by atoms with Crippen LogP contribution >= 0.6 is 0 Å². The van der Waals surface area contributed by atoms with Gasteiger partial charge in [0.1, 0.15) is 11.0 Å². The van der Waals surface area contributed by atoms with E-state index in [1.54, 1.807) is 0 Å². The fraction of sp³-hybridized carbons (Fsp3) is 0.133. The first-order chi connectivity index (χ1) is 10.1. The van der Waals surface area contributed by atoms with Crippen LogP contribution in [0.25, 0.3) is 33.3 Å². The number of hydrogen-bond donors (Lipinski definition) is 2. The zero-order valence-corrected chi connectivity index (χ0v) is 11.6. The van der Waals surface area contributed by atoms with E-state index in [1.807, 2.05) is 49.0 Å². The van der Waals surface area contributed by atoms with Gasteiger partial charge in [-0.2, -0.15) is 5.10 Å². The largest absolute Gasteiger partial charge is 0.323 e. The van der Waals surface area contributed by atoms with Crippen molar-refractivity contribution in [3.8, 4) is 11.3 Å². The topological polar surface area (TPSA) is 79.4 Å². The van der Waals surface area contributed by atoms with E-state index in [4.69, 9.17) is 0 Å². The van der Waals surface area contributed by atoms with Gasteiger partial charge in [-0.25, -0.2) is 9.78 Å². The van der Waals surface area contributed by atoms with Crippen molar-refractivity contribution < 1.29 is 0 Å². The minimum Gasteiger partial charge on any atom is -0.306 e. The van der Waals surface area contributed by atoms with Crippen molar-refractivity contribution in [2.45, 2.75) is 6.92 Å². The summed E-state index contributed by atoms with van der Waals surface area (Å²) in [6.07, 6.45) is 0. The Morgan fingerprint density at radius 3 is 2.76 bits per heavy atom. The Hall–Kier alpha value is -2.89. The number of benzene rings is 1. The molecule has 0 unspecified atom stereocenters. The Balaban J connectivity index is 2.04. The molecule has 2 N–H and O–H groups in total. The van der Waals surface area contributed by atoms with E-state index in [0.717, 1.165) is 39.0 Å². The number of nitrogens with one attached hydrogen (secondary N) is 2. The van der Waals surface area contributed by atoms with Gasteiger partial charge >= 0.3 is 5.69 Å². The van der Waals surface area contributed by atoms with Crippen molar-refractivity contribution in [3.05, 3.63) is 46.5 Å². The second-order valence-electron chi connectivity index (χ2n) is 5.13. The van der Waals surface area contributed by atoms with Gasteiger partial charge in [0.15, 0.2) is 0 Å². The molecule has 0 atom stereocenters. The van der Waals surface area contributed by atoms with E-state index in [0.29, 0.717) is 0 Å².